The lowest BCUT2D eigenvalue weighted by atomic mass is 10.0. The zero-order valence-corrected chi connectivity index (χ0v) is 12.8. The SMILES string of the molecule is Cc1ccc(C(=O)c2cc3c(CO)cnc(C)c3oc2=O)cc1. The van der Waals surface area contributed by atoms with Gasteiger partial charge >= 0.3 is 5.63 Å². The molecule has 3 rings (SSSR count). The van der Waals surface area contributed by atoms with E-state index in [2.05, 4.69) is 4.98 Å². The van der Waals surface area contributed by atoms with Crippen molar-refractivity contribution in [3.05, 3.63) is 74.9 Å². The van der Waals surface area contributed by atoms with E-state index in [9.17, 15) is 14.7 Å². The zero-order valence-electron chi connectivity index (χ0n) is 12.8. The number of aliphatic hydroxyl groups excluding tert-OH is 1. The smallest absolute Gasteiger partial charge is 0.347 e. The van der Waals surface area contributed by atoms with Crippen molar-refractivity contribution >= 4 is 16.8 Å². The van der Waals surface area contributed by atoms with E-state index in [1.54, 1.807) is 19.1 Å². The standard InChI is InChI=1S/C18H15NO4/c1-10-3-5-12(6-4-10)16(21)15-7-14-13(9-20)8-19-11(2)17(14)23-18(15)22/h3-8,20H,9H2,1-2H3. The molecule has 1 aromatic carbocycles. The number of aromatic nitrogens is 1. The maximum absolute atomic E-state index is 12.6. The van der Waals surface area contributed by atoms with Gasteiger partial charge in [-0.3, -0.25) is 9.78 Å². The third-order valence-electron chi connectivity index (χ3n) is 3.77. The molecule has 1 N–H and O–H groups in total. The van der Waals surface area contributed by atoms with Crippen molar-refractivity contribution in [2.45, 2.75) is 20.5 Å². The molecule has 0 fully saturated rings. The molecule has 0 atom stereocenters. The fourth-order valence-electron chi connectivity index (χ4n) is 2.43. The molecule has 0 aliphatic heterocycles. The van der Waals surface area contributed by atoms with Gasteiger partial charge in [-0.05, 0) is 19.9 Å². The van der Waals surface area contributed by atoms with Crippen LogP contribution in [0, 0.1) is 13.8 Å². The van der Waals surface area contributed by atoms with Crippen molar-refractivity contribution in [3.63, 3.8) is 0 Å². The largest absolute Gasteiger partial charge is 0.420 e. The molecule has 0 saturated carbocycles. The van der Waals surface area contributed by atoms with E-state index in [1.165, 1.54) is 12.3 Å². The summed E-state index contributed by atoms with van der Waals surface area (Å²) in [7, 11) is 0. The summed E-state index contributed by atoms with van der Waals surface area (Å²) in [5.74, 6) is -0.404. The quantitative estimate of drug-likeness (QED) is 0.752. The molecule has 2 aromatic heterocycles. The number of hydrogen-bond donors (Lipinski definition) is 1. The van der Waals surface area contributed by atoms with Crippen LogP contribution in [0.4, 0.5) is 0 Å². The summed E-state index contributed by atoms with van der Waals surface area (Å²) in [6.07, 6.45) is 1.51. The van der Waals surface area contributed by atoms with E-state index in [1.807, 2.05) is 19.1 Å². The summed E-state index contributed by atoms with van der Waals surface area (Å²) in [6.45, 7) is 3.37. The highest BCUT2D eigenvalue weighted by Crippen LogP contribution is 2.21. The van der Waals surface area contributed by atoms with Crippen LogP contribution in [0.25, 0.3) is 11.0 Å². The number of nitrogens with zero attached hydrogens (tertiary/aromatic N) is 1. The van der Waals surface area contributed by atoms with Crippen molar-refractivity contribution in [2.24, 2.45) is 0 Å². The van der Waals surface area contributed by atoms with Crippen LogP contribution in [0.2, 0.25) is 0 Å². The summed E-state index contributed by atoms with van der Waals surface area (Å²) >= 11 is 0. The first-order chi connectivity index (χ1) is 11.0. The fourth-order valence-corrected chi connectivity index (χ4v) is 2.43. The Kier molecular flexibility index (Phi) is 3.80. The molecule has 0 spiro atoms. The number of pyridine rings is 1. The molecule has 0 amide bonds. The van der Waals surface area contributed by atoms with Gasteiger partial charge in [0.1, 0.15) is 5.56 Å². The number of aryl methyl sites for hydroxylation is 2. The van der Waals surface area contributed by atoms with E-state index in [0.29, 0.717) is 27.8 Å². The van der Waals surface area contributed by atoms with Crippen LogP contribution in [0.3, 0.4) is 0 Å². The number of carbonyl (C=O) groups is 1. The third-order valence-corrected chi connectivity index (χ3v) is 3.77. The average molecular weight is 309 g/mol. The Hall–Kier alpha value is -2.79. The zero-order chi connectivity index (χ0) is 16.6. The van der Waals surface area contributed by atoms with Crippen molar-refractivity contribution < 1.29 is 14.3 Å². The summed E-state index contributed by atoms with van der Waals surface area (Å²) in [6, 6.07) is 8.44. The summed E-state index contributed by atoms with van der Waals surface area (Å²) < 4.78 is 5.28. The van der Waals surface area contributed by atoms with E-state index in [0.717, 1.165) is 5.56 Å². The molecule has 0 bridgehead atoms. The average Bonchev–Trinajstić information content (AvgIpc) is 2.55. The highest BCUT2D eigenvalue weighted by Gasteiger charge is 2.18. The molecule has 0 radical (unpaired) electrons. The van der Waals surface area contributed by atoms with Gasteiger partial charge in [-0.1, -0.05) is 29.8 Å². The Labute approximate surface area is 132 Å². The van der Waals surface area contributed by atoms with Crippen LogP contribution in [0.15, 0.2) is 45.7 Å². The summed E-state index contributed by atoms with van der Waals surface area (Å²) in [5, 5.41) is 9.95. The minimum atomic E-state index is -0.705. The molecule has 5 heteroatoms. The van der Waals surface area contributed by atoms with Crippen LogP contribution in [0.5, 0.6) is 0 Å². The van der Waals surface area contributed by atoms with Crippen LogP contribution >= 0.6 is 0 Å². The Morgan fingerprint density at radius 1 is 1.22 bits per heavy atom. The predicted molar refractivity (Wildman–Crippen MR) is 85.6 cm³/mol. The van der Waals surface area contributed by atoms with Crippen molar-refractivity contribution in [2.75, 3.05) is 0 Å². The highest BCUT2D eigenvalue weighted by atomic mass is 16.4. The lowest BCUT2D eigenvalue weighted by molar-refractivity contribution is 0.103. The number of rotatable bonds is 3. The highest BCUT2D eigenvalue weighted by molar-refractivity contribution is 6.10. The molecule has 2 heterocycles. The molecule has 0 unspecified atom stereocenters. The predicted octanol–water partition coefficient (Wildman–Crippen LogP) is 2.53. The van der Waals surface area contributed by atoms with Crippen LogP contribution in [-0.2, 0) is 6.61 Å². The van der Waals surface area contributed by atoms with E-state index in [4.69, 9.17) is 4.42 Å². The van der Waals surface area contributed by atoms with Gasteiger partial charge in [0.05, 0.1) is 12.3 Å². The van der Waals surface area contributed by atoms with Gasteiger partial charge < -0.3 is 9.52 Å². The second kappa shape index (κ2) is 5.78. The van der Waals surface area contributed by atoms with Gasteiger partial charge in [-0.15, -0.1) is 0 Å². The maximum Gasteiger partial charge on any atom is 0.347 e. The minimum absolute atomic E-state index is 0.0540. The summed E-state index contributed by atoms with van der Waals surface area (Å²) in [4.78, 5) is 28.8. The molecular weight excluding hydrogens is 294 g/mol. The molecule has 116 valence electrons. The van der Waals surface area contributed by atoms with Crippen LogP contribution in [-0.4, -0.2) is 15.9 Å². The topological polar surface area (TPSA) is 80.4 Å². The lowest BCUT2D eigenvalue weighted by Crippen LogP contribution is -2.15. The van der Waals surface area contributed by atoms with Gasteiger partial charge in [0.2, 0.25) is 0 Å². The number of aliphatic hydroxyl groups is 1. The van der Waals surface area contributed by atoms with Crippen molar-refractivity contribution in [1.82, 2.24) is 4.98 Å². The van der Waals surface area contributed by atoms with Gasteiger partial charge in [-0.2, -0.15) is 0 Å². The maximum atomic E-state index is 12.6. The molecular formula is C18H15NO4. The Bertz CT molecular complexity index is 955. The second-order valence-corrected chi connectivity index (χ2v) is 5.41. The first-order valence-corrected chi connectivity index (χ1v) is 7.16. The van der Waals surface area contributed by atoms with E-state index in [-0.39, 0.29) is 12.2 Å². The fraction of sp³-hybridized carbons (Fsp3) is 0.167. The summed E-state index contributed by atoms with van der Waals surface area (Å²) in [5.41, 5.74) is 2.01. The van der Waals surface area contributed by atoms with Crippen molar-refractivity contribution in [3.8, 4) is 0 Å². The Morgan fingerprint density at radius 3 is 2.57 bits per heavy atom. The van der Waals surface area contributed by atoms with Crippen LogP contribution < -0.4 is 5.63 Å². The number of benzene rings is 1. The minimum Gasteiger partial charge on any atom is -0.420 e. The van der Waals surface area contributed by atoms with Gasteiger partial charge in [0.15, 0.2) is 11.4 Å². The number of carbonyl (C=O) groups excluding carboxylic acids is 1. The molecule has 0 aliphatic rings. The van der Waals surface area contributed by atoms with Gasteiger partial charge in [0.25, 0.3) is 0 Å². The van der Waals surface area contributed by atoms with Crippen LogP contribution in [0.1, 0.15) is 32.7 Å². The molecule has 5 nitrogen and oxygen atoms in total. The van der Waals surface area contributed by atoms with E-state index < -0.39 is 11.4 Å². The normalized spacial score (nSPS) is 10.9. The van der Waals surface area contributed by atoms with Gasteiger partial charge in [-0.25, -0.2) is 4.79 Å². The molecule has 23 heavy (non-hydrogen) atoms. The molecule has 3 aromatic rings. The first kappa shape index (κ1) is 15.1. The third kappa shape index (κ3) is 2.66. The monoisotopic (exact) mass is 309 g/mol. The Morgan fingerprint density at radius 2 is 1.91 bits per heavy atom. The first-order valence-electron chi connectivity index (χ1n) is 7.16. The second-order valence-electron chi connectivity index (χ2n) is 5.41. The lowest BCUT2D eigenvalue weighted by Gasteiger charge is -2.07. The number of hydrogen-bond acceptors (Lipinski definition) is 5. The number of ketones is 1. The Balaban J connectivity index is 2.22. The van der Waals surface area contributed by atoms with Crippen molar-refractivity contribution in [1.29, 1.82) is 0 Å². The van der Waals surface area contributed by atoms with Gasteiger partial charge in [0, 0.05) is 22.7 Å². The number of fused-ring (bicyclic) bond motifs is 1. The molecule has 0 saturated heterocycles. The molecule has 0 aliphatic carbocycles. The van der Waals surface area contributed by atoms with E-state index >= 15 is 0 Å².